The van der Waals surface area contributed by atoms with E-state index in [-0.39, 0.29) is 17.8 Å². The summed E-state index contributed by atoms with van der Waals surface area (Å²) in [7, 11) is 0. The highest BCUT2D eigenvalue weighted by Crippen LogP contribution is 2.32. The van der Waals surface area contributed by atoms with Gasteiger partial charge in [0.15, 0.2) is 0 Å². The molecule has 0 aliphatic rings. The number of aryl methyl sites for hydroxylation is 1. The second-order valence-electron chi connectivity index (χ2n) is 7.91. The van der Waals surface area contributed by atoms with Crippen molar-refractivity contribution < 1.29 is 0 Å². The molecule has 0 saturated carbocycles. The molecule has 4 rings (SSSR count). The standard InChI is InChI=1S/C23H26N4O/c1-14(2)26-19-10-9-18(12-20(19)27(15(3)4)23(26)28)22-21(24-13-25-22)17-8-6-7-16(5)11-17/h6-15H,1-5H3,(H,24,25). The van der Waals surface area contributed by atoms with Gasteiger partial charge in [-0.05, 0) is 52.8 Å². The number of benzene rings is 2. The van der Waals surface area contributed by atoms with Crippen LogP contribution in [0.3, 0.4) is 0 Å². The first kappa shape index (κ1) is 18.3. The Bertz CT molecular complexity index is 1210. The molecule has 5 nitrogen and oxygen atoms in total. The van der Waals surface area contributed by atoms with Crippen molar-refractivity contribution in [1.82, 2.24) is 19.1 Å². The zero-order valence-corrected chi connectivity index (χ0v) is 17.0. The minimum absolute atomic E-state index is 0.0423. The lowest BCUT2D eigenvalue weighted by Crippen LogP contribution is -2.26. The van der Waals surface area contributed by atoms with Crippen LogP contribution in [-0.4, -0.2) is 19.1 Å². The number of imidazole rings is 2. The van der Waals surface area contributed by atoms with E-state index in [2.05, 4.69) is 47.2 Å². The Morgan fingerprint density at radius 1 is 0.893 bits per heavy atom. The van der Waals surface area contributed by atoms with Gasteiger partial charge in [-0.25, -0.2) is 9.78 Å². The van der Waals surface area contributed by atoms with Crippen LogP contribution in [0.25, 0.3) is 33.5 Å². The average molecular weight is 374 g/mol. The number of hydrogen-bond donors (Lipinski definition) is 1. The summed E-state index contributed by atoms with van der Waals surface area (Å²) in [6.07, 6.45) is 1.73. The van der Waals surface area contributed by atoms with Gasteiger partial charge in [-0.3, -0.25) is 9.13 Å². The Labute approximate surface area is 164 Å². The minimum atomic E-state index is 0.0423. The van der Waals surface area contributed by atoms with Crippen molar-refractivity contribution in [3.05, 3.63) is 64.8 Å². The van der Waals surface area contributed by atoms with Crippen molar-refractivity contribution in [2.24, 2.45) is 0 Å². The van der Waals surface area contributed by atoms with Crippen molar-refractivity contribution >= 4 is 11.0 Å². The van der Waals surface area contributed by atoms with Gasteiger partial charge in [-0.15, -0.1) is 0 Å². The third kappa shape index (κ3) is 2.87. The number of nitrogens with one attached hydrogen (secondary N) is 1. The molecule has 0 amide bonds. The van der Waals surface area contributed by atoms with E-state index in [1.54, 1.807) is 6.33 Å². The highest BCUT2D eigenvalue weighted by molar-refractivity contribution is 5.86. The van der Waals surface area contributed by atoms with Gasteiger partial charge in [-0.1, -0.05) is 29.8 Å². The summed E-state index contributed by atoms with van der Waals surface area (Å²) < 4.78 is 3.75. The Hall–Kier alpha value is -3.08. The molecule has 144 valence electrons. The first-order chi connectivity index (χ1) is 13.4. The van der Waals surface area contributed by atoms with Crippen LogP contribution in [0.2, 0.25) is 0 Å². The van der Waals surface area contributed by atoms with E-state index < -0.39 is 0 Å². The predicted molar refractivity (Wildman–Crippen MR) is 115 cm³/mol. The molecule has 28 heavy (non-hydrogen) atoms. The van der Waals surface area contributed by atoms with Crippen molar-refractivity contribution in [3.63, 3.8) is 0 Å². The fraction of sp³-hybridized carbons (Fsp3) is 0.304. The van der Waals surface area contributed by atoms with Crippen LogP contribution in [0.1, 0.15) is 45.3 Å². The summed E-state index contributed by atoms with van der Waals surface area (Å²) in [5, 5.41) is 0. The molecule has 4 aromatic rings. The van der Waals surface area contributed by atoms with Crippen molar-refractivity contribution in [2.45, 2.75) is 46.7 Å². The zero-order chi connectivity index (χ0) is 20.0. The number of aromatic nitrogens is 4. The van der Waals surface area contributed by atoms with Crippen LogP contribution in [0, 0.1) is 6.92 Å². The molecular weight excluding hydrogens is 348 g/mol. The van der Waals surface area contributed by atoms with E-state index in [0.717, 1.165) is 33.5 Å². The molecule has 1 N–H and O–H groups in total. The van der Waals surface area contributed by atoms with Crippen LogP contribution >= 0.6 is 0 Å². The number of rotatable bonds is 4. The van der Waals surface area contributed by atoms with Gasteiger partial charge >= 0.3 is 5.69 Å². The fourth-order valence-electron chi connectivity index (χ4n) is 3.92. The van der Waals surface area contributed by atoms with Gasteiger partial charge in [0.2, 0.25) is 0 Å². The van der Waals surface area contributed by atoms with Crippen LogP contribution in [0.15, 0.2) is 53.6 Å². The van der Waals surface area contributed by atoms with Gasteiger partial charge in [-0.2, -0.15) is 0 Å². The third-order valence-electron chi connectivity index (χ3n) is 5.16. The second kappa shape index (κ2) is 6.82. The summed E-state index contributed by atoms with van der Waals surface area (Å²) in [6.45, 7) is 10.3. The van der Waals surface area contributed by atoms with Crippen molar-refractivity contribution in [2.75, 3.05) is 0 Å². The molecule has 0 fully saturated rings. The fourth-order valence-corrected chi connectivity index (χ4v) is 3.92. The predicted octanol–water partition coefficient (Wildman–Crippen LogP) is 5.33. The highest BCUT2D eigenvalue weighted by atomic mass is 16.1. The number of nitrogens with zero attached hydrogens (tertiary/aromatic N) is 3. The Morgan fingerprint density at radius 2 is 1.61 bits per heavy atom. The summed E-state index contributed by atoms with van der Waals surface area (Å²) in [6, 6.07) is 14.7. The lowest BCUT2D eigenvalue weighted by atomic mass is 10.0. The van der Waals surface area contributed by atoms with Crippen LogP contribution in [0.5, 0.6) is 0 Å². The minimum Gasteiger partial charge on any atom is -0.344 e. The zero-order valence-electron chi connectivity index (χ0n) is 17.0. The maximum absolute atomic E-state index is 13.0. The Kier molecular flexibility index (Phi) is 4.46. The third-order valence-corrected chi connectivity index (χ3v) is 5.16. The quantitative estimate of drug-likeness (QED) is 0.525. The summed E-state index contributed by atoms with van der Waals surface area (Å²) in [5.74, 6) is 0. The number of hydrogen-bond acceptors (Lipinski definition) is 2. The van der Waals surface area contributed by atoms with Gasteiger partial charge in [0.25, 0.3) is 0 Å². The van der Waals surface area contributed by atoms with Crippen LogP contribution in [-0.2, 0) is 0 Å². The molecule has 2 heterocycles. The van der Waals surface area contributed by atoms with Crippen molar-refractivity contribution in [1.29, 1.82) is 0 Å². The topological polar surface area (TPSA) is 55.6 Å². The highest BCUT2D eigenvalue weighted by Gasteiger charge is 2.19. The molecule has 0 spiro atoms. The maximum atomic E-state index is 13.0. The normalized spacial score (nSPS) is 11.8. The molecule has 0 aliphatic carbocycles. The van der Waals surface area contributed by atoms with E-state index in [0.29, 0.717) is 0 Å². The van der Waals surface area contributed by atoms with E-state index in [9.17, 15) is 4.79 Å². The molecule has 5 heteroatoms. The molecular formula is C23H26N4O. The second-order valence-corrected chi connectivity index (χ2v) is 7.91. The summed E-state index contributed by atoms with van der Waals surface area (Å²) in [5.41, 5.74) is 7.15. The lowest BCUT2D eigenvalue weighted by Gasteiger charge is -2.09. The molecule has 0 atom stereocenters. The largest absolute Gasteiger partial charge is 0.344 e. The molecule has 0 unspecified atom stereocenters. The lowest BCUT2D eigenvalue weighted by molar-refractivity contribution is 0.533. The summed E-state index contributed by atoms with van der Waals surface area (Å²) in [4.78, 5) is 20.9. The first-order valence-corrected chi connectivity index (χ1v) is 9.75. The molecule has 2 aromatic carbocycles. The average Bonchev–Trinajstić information content (AvgIpc) is 3.22. The number of fused-ring (bicyclic) bond motifs is 1. The number of H-pyrrole nitrogens is 1. The van der Waals surface area contributed by atoms with E-state index in [1.807, 2.05) is 49.0 Å². The van der Waals surface area contributed by atoms with Gasteiger partial charge in [0.1, 0.15) is 0 Å². The SMILES string of the molecule is Cc1cccc(-c2nc[nH]c2-c2ccc3c(c2)n(C(C)C)c(=O)n3C(C)C)c1. The number of aromatic amines is 1. The van der Waals surface area contributed by atoms with Gasteiger partial charge < -0.3 is 4.98 Å². The molecule has 0 saturated heterocycles. The van der Waals surface area contributed by atoms with E-state index >= 15 is 0 Å². The monoisotopic (exact) mass is 374 g/mol. The Morgan fingerprint density at radius 3 is 2.29 bits per heavy atom. The van der Waals surface area contributed by atoms with E-state index in [1.165, 1.54) is 5.56 Å². The first-order valence-electron chi connectivity index (χ1n) is 9.75. The van der Waals surface area contributed by atoms with Crippen LogP contribution < -0.4 is 5.69 Å². The van der Waals surface area contributed by atoms with Gasteiger partial charge in [0.05, 0.1) is 28.7 Å². The molecule has 0 aliphatic heterocycles. The molecule has 0 radical (unpaired) electrons. The molecule has 2 aromatic heterocycles. The van der Waals surface area contributed by atoms with Gasteiger partial charge in [0, 0.05) is 23.2 Å². The molecule has 0 bridgehead atoms. The van der Waals surface area contributed by atoms with Crippen LogP contribution in [0.4, 0.5) is 0 Å². The Balaban J connectivity index is 1.94. The summed E-state index contributed by atoms with van der Waals surface area (Å²) >= 11 is 0. The van der Waals surface area contributed by atoms with Crippen molar-refractivity contribution in [3.8, 4) is 22.5 Å². The maximum Gasteiger partial charge on any atom is 0.329 e. The van der Waals surface area contributed by atoms with E-state index in [4.69, 9.17) is 0 Å². The smallest absolute Gasteiger partial charge is 0.329 e.